The topological polar surface area (TPSA) is 3.24 Å². The van der Waals surface area contributed by atoms with Gasteiger partial charge in [-0.25, -0.2) is 0 Å². The predicted molar refractivity (Wildman–Crippen MR) is 96.3 cm³/mol. The van der Waals surface area contributed by atoms with Crippen LogP contribution in [0, 0.1) is 0 Å². The lowest BCUT2D eigenvalue weighted by Crippen LogP contribution is -2.48. The van der Waals surface area contributed by atoms with Gasteiger partial charge in [0.2, 0.25) is 0 Å². The van der Waals surface area contributed by atoms with Crippen LogP contribution >= 0.6 is 0 Å². The molecule has 116 valence electrons. The van der Waals surface area contributed by atoms with Gasteiger partial charge in [-0.3, -0.25) is 4.48 Å². The molecule has 2 aromatic carbocycles. The number of para-hydroxylation sites is 1. The van der Waals surface area contributed by atoms with E-state index in [9.17, 15) is 0 Å². The highest BCUT2D eigenvalue weighted by Gasteiger charge is 2.37. The number of quaternary nitrogens is 1. The molecule has 1 atom stereocenters. The van der Waals surface area contributed by atoms with E-state index in [0.29, 0.717) is 0 Å². The summed E-state index contributed by atoms with van der Waals surface area (Å²) in [5.41, 5.74) is 4.29. The van der Waals surface area contributed by atoms with E-state index in [4.69, 9.17) is 0 Å². The first-order chi connectivity index (χ1) is 10.8. The normalized spacial score (nSPS) is 21.3. The van der Waals surface area contributed by atoms with Gasteiger partial charge in [-0.05, 0) is 43.2 Å². The molecule has 0 saturated carbocycles. The van der Waals surface area contributed by atoms with E-state index in [1.165, 1.54) is 36.3 Å². The van der Waals surface area contributed by atoms with Crippen LogP contribution in [0.25, 0.3) is 0 Å². The van der Waals surface area contributed by atoms with Crippen LogP contribution in [0.3, 0.4) is 0 Å². The summed E-state index contributed by atoms with van der Waals surface area (Å²) in [7, 11) is 0. The minimum atomic E-state index is 1.07. The molecular formula is C20H27N2+. The van der Waals surface area contributed by atoms with Gasteiger partial charge in [-0.15, -0.1) is 0 Å². The largest absolute Gasteiger partial charge is 0.319 e. The average Bonchev–Trinajstić information content (AvgIpc) is 3.02. The van der Waals surface area contributed by atoms with Crippen molar-refractivity contribution >= 4 is 11.4 Å². The summed E-state index contributed by atoms with van der Waals surface area (Å²) >= 11 is 0. The van der Waals surface area contributed by atoms with Crippen molar-refractivity contribution in [1.29, 1.82) is 0 Å². The average molecular weight is 295 g/mol. The number of aryl methyl sites for hydroxylation is 1. The zero-order valence-electron chi connectivity index (χ0n) is 13.8. The van der Waals surface area contributed by atoms with Gasteiger partial charge in [-0.2, -0.15) is 0 Å². The van der Waals surface area contributed by atoms with Gasteiger partial charge in [0.25, 0.3) is 0 Å². The Hall–Kier alpha value is -1.80. The molecule has 1 heterocycles. The van der Waals surface area contributed by atoms with Crippen LogP contribution in [-0.4, -0.2) is 26.3 Å². The molecule has 1 unspecified atom stereocenters. The molecule has 1 aliphatic heterocycles. The number of hydrogen-bond acceptors (Lipinski definition) is 1. The number of hydrogen-bond donors (Lipinski definition) is 0. The van der Waals surface area contributed by atoms with Crippen LogP contribution in [-0.2, 0) is 6.42 Å². The maximum Gasteiger partial charge on any atom is 0.159 e. The summed E-state index contributed by atoms with van der Waals surface area (Å²) in [6.45, 7) is 9.11. The predicted octanol–water partition coefficient (Wildman–Crippen LogP) is 4.44. The van der Waals surface area contributed by atoms with Crippen LogP contribution in [0.1, 0.15) is 25.8 Å². The summed E-state index contributed by atoms with van der Waals surface area (Å²) < 4.78 is 1.07. The monoisotopic (exact) mass is 295 g/mol. The summed E-state index contributed by atoms with van der Waals surface area (Å²) in [6.07, 6.45) is 2.39. The zero-order chi connectivity index (χ0) is 15.4. The number of anilines is 1. The molecule has 0 amide bonds. The Balaban J connectivity index is 1.83. The van der Waals surface area contributed by atoms with Gasteiger partial charge in [-0.1, -0.05) is 43.7 Å². The number of nitrogens with zero attached hydrogens (tertiary/aromatic N) is 2. The van der Waals surface area contributed by atoms with E-state index in [1.807, 2.05) is 0 Å². The fourth-order valence-electron chi connectivity index (χ4n) is 3.58. The molecule has 0 N–H and O–H groups in total. The maximum atomic E-state index is 2.55. The fourth-order valence-corrected chi connectivity index (χ4v) is 3.58. The molecule has 3 rings (SSSR count). The molecule has 0 aromatic heterocycles. The molecule has 0 bridgehead atoms. The standard InChI is InChI=1S/C20H27N2/c1-3-9-18-10-8-11-19(16-18)21-14-15-22(4-2,17-21)20-12-6-5-7-13-20/h5-8,10-13,16H,3-4,9,14-15,17H2,1-2H3/q+1. The Bertz CT molecular complexity index is 608. The molecule has 2 nitrogen and oxygen atoms in total. The summed E-state index contributed by atoms with van der Waals surface area (Å²) in [5.74, 6) is 0. The molecule has 1 fully saturated rings. The van der Waals surface area contributed by atoms with Gasteiger partial charge in [0.05, 0.1) is 13.1 Å². The molecule has 0 radical (unpaired) electrons. The highest BCUT2D eigenvalue weighted by atomic mass is 15.5. The van der Waals surface area contributed by atoms with Gasteiger partial charge in [0.1, 0.15) is 12.2 Å². The van der Waals surface area contributed by atoms with E-state index < -0.39 is 0 Å². The number of likely N-dealkylation sites (N-methyl/N-ethyl adjacent to an activating group) is 1. The third kappa shape index (κ3) is 2.89. The maximum absolute atomic E-state index is 2.55. The second kappa shape index (κ2) is 6.53. The smallest absolute Gasteiger partial charge is 0.159 e. The molecule has 2 aromatic rings. The Kier molecular flexibility index (Phi) is 4.49. The molecular weight excluding hydrogens is 268 g/mol. The van der Waals surface area contributed by atoms with Crippen LogP contribution < -0.4 is 9.38 Å². The van der Waals surface area contributed by atoms with Crippen molar-refractivity contribution < 1.29 is 0 Å². The summed E-state index contributed by atoms with van der Waals surface area (Å²) in [6, 6.07) is 20.1. The van der Waals surface area contributed by atoms with Crippen LogP contribution in [0.15, 0.2) is 54.6 Å². The Morgan fingerprint density at radius 2 is 1.82 bits per heavy atom. The Labute approximate surface area is 134 Å². The molecule has 22 heavy (non-hydrogen) atoms. The van der Waals surface area contributed by atoms with Crippen LogP contribution in [0.4, 0.5) is 11.4 Å². The van der Waals surface area contributed by atoms with E-state index >= 15 is 0 Å². The van der Waals surface area contributed by atoms with Crippen LogP contribution in [0.2, 0.25) is 0 Å². The van der Waals surface area contributed by atoms with Crippen molar-refractivity contribution in [2.24, 2.45) is 0 Å². The van der Waals surface area contributed by atoms with E-state index in [-0.39, 0.29) is 0 Å². The lowest BCUT2D eigenvalue weighted by atomic mass is 10.1. The summed E-state index contributed by atoms with van der Waals surface area (Å²) in [4.78, 5) is 2.55. The van der Waals surface area contributed by atoms with E-state index in [0.717, 1.165) is 24.2 Å². The van der Waals surface area contributed by atoms with Crippen LogP contribution in [0.5, 0.6) is 0 Å². The van der Waals surface area contributed by atoms with Crippen molar-refractivity contribution in [1.82, 2.24) is 4.48 Å². The molecule has 1 aliphatic rings. The fraction of sp³-hybridized carbons (Fsp3) is 0.400. The van der Waals surface area contributed by atoms with Crippen molar-refractivity contribution in [2.45, 2.75) is 26.7 Å². The third-order valence-electron chi connectivity index (χ3n) is 4.96. The molecule has 1 saturated heterocycles. The number of benzene rings is 2. The number of rotatable bonds is 5. The first-order valence-electron chi connectivity index (χ1n) is 8.53. The molecule has 2 heteroatoms. The second-order valence-corrected chi connectivity index (χ2v) is 6.35. The van der Waals surface area contributed by atoms with Crippen molar-refractivity contribution in [3.8, 4) is 0 Å². The Morgan fingerprint density at radius 1 is 1.00 bits per heavy atom. The quantitative estimate of drug-likeness (QED) is 0.737. The van der Waals surface area contributed by atoms with E-state index in [1.54, 1.807) is 0 Å². The Morgan fingerprint density at radius 3 is 2.55 bits per heavy atom. The van der Waals surface area contributed by atoms with Crippen molar-refractivity contribution in [2.75, 3.05) is 31.2 Å². The highest BCUT2D eigenvalue weighted by Crippen LogP contribution is 2.30. The minimum absolute atomic E-state index is 1.07. The second-order valence-electron chi connectivity index (χ2n) is 6.35. The first kappa shape index (κ1) is 15.1. The molecule has 0 aliphatic carbocycles. The zero-order valence-corrected chi connectivity index (χ0v) is 13.8. The van der Waals surface area contributed by atoms with Crippen molar-refractivity contribution in [3.63, 3.8) is 0 Å². The highest BCUT2D eigenvalue weighted by molar-refractivity contribution is 5.53. The van der Waals surface area contributed by atoms with E-state index in [2.05, 4.69) is 73.3 Å². The lowest BCUT2D eigenvalue weighted by molar-refractivity contribution is 0.354. The van der Waals surface area contributed by atoms with Gasteiger partial charge in [0.15, 0.2) is 6.67 Å². The van der Waals surface area contributed by atoms with Crippen molar-refractivity contribution in [3.05, 3.63) is 60.2 Å². The van der Waals surface area contributed by atoms with Gasteiger partial charge >= 0.3 is 0 Å². The van der Waals surface area contributed by atoms with Gasteiger partial charge in [0, 0.05) is 5.69 Å². The SMILES string of the molecule is CCCc1cccc(N2CC[N+](CC)(c3ccccc3)C2)c1. The third-order valence-corrected chi connectivity index (χ3v) is 4.96. The summed E-state index contributed by atoms with van der Waals surface area (Å²) in [5, 5.41) is 0. The lowest BCUT2D eigenvalue weighted by Gasteiger charge is -2.32. The molecule has 0 spiro atoms. The van der Waals surface area contributed by atoms with Gasteiger partial charge < -0.3 is 4.90 Å². The first-order valence-corrected chi connectivity index (χ1v) is 8.53. The minimum Gasteiger partial charge on any atom is -0.319 e.